The van der Waals surface area contributed by atoms with Crippen molar-refractivity contribution in [2.45, 2.75) is 55.9 Å². The van der Waals surface area contributed by atoms with Gasteiger partial charge in [-0.15, -0.1) is 0 Å². The Morgan fingerprint density at radius 2 is 1.79 bits per heavy atom. The molecule has 2 aromatic carbocycles. The van der Waals surface area contributed by atoms with Gasteiger partial charge < -0.3 is 19.5 Å². The van der Waals surface area contributed by atoms with E-state index < -0.39 is 15.3 Å². The molecule has 1 amide bonds. The summed E-state index contributed by atoms with van der Waals surface area (Å²) in [5, 5.41) is 7.93. The molecule has 2 fully saturated rings. The maximum Gasteiger partial charge on any atom is 0.243 e. The van der Waals surface area contributed by atoms with Crippen molar-refractivity contribution in [1.82, 2.24) is 10.1 Å². The molecule has 2 aliphatic rings. The minimum absolute atomic E-state index is 0.000603. The molecule has 1 saturated carbocycles. The molecule has 1 aromatic heterocycles. The quantitative estimate of drug-likeness (QED) is 0.341. The lowest BCUT2D eigenvalue weighted by Crippen LogP contribution is -2.51. The van der Waals surface area contributed by atoms with Crippen molar-refractivity contribution in [2.75, 3.05) is 35.7 Å². The molecule has 1 aliphatic heterocycles. The number of ether oxygens (including phenoxy) is 1. The Hall–Kier alpha value is -2.66. The van der Waals surface area contributed by atoms with Gasteiger partial charge in [-0.2, -0.15) is 4.98 Å². The molecule has 9 nitrogen and oxygen atoms in total. The summed E-state index contributed by atoms with van der Waals surface area (Å²) in [6.45, 7) is 6.57. The molecular weight excluding hydrogens is 563 g/mol. The first-order valence-corrected chi connectivity index (χ1v) is 15.3. The second-order valence-corrected chi connectivity index (χ2v) is 13.4. The maximum atomic E-state index is 13.1. The highest BCUT2D eigenvalue weighted by molar-refractivity contribution is 7.91. The minimum Gasteiger partial charge on any atom is -0.377 e. The molecule has 1 aliphatic carbocycles. The van der Waals surface area contributed by atoms with E-state index in [-0.39, 0.29) is 35.1 Å². The lowest BCUT2D eigenvalue weighted by Gasteiger charge is -2.38. The van der Waals surface area contributed by atoms with E-state index in [4.69, 9.17) is 32.5 Å². The monoisotopic (exact) mass is 592 g/mol. The number of carbonyl (C=O) groups excluding carboxylic acids is 1. The van der Waals surface area contributed by atoms with Crippen molar-refractivity contribution in [2.24, 2.45) is 0 Å². The zero-order chi connectivity index (χ0) is 27.9. The number of hydrogen-bond donors (Lipinski definition) is 1. The van der Waals surface area contributed by atoms with Crippen molar-refractivity contribution in [3.05, 3.63) is 63.7 Å². The van der Waals surface area contributed by atoms with Crippen LogP contribution in [0.2, 0.25) is 10.0 Å². The third-order valence-electron chi connectivity index (χ3n) is 7.20. The van der Waals surface area contributed by atoms with E-state index in [0.29, 0.717) is 40.7 Å². The van der Waals surface area contributed by atoms with Gasteiger partial charge in [0.2, 0.25) is 11.8 Å². The molecule has 1 N–H and O–H groups in total. The Morgan fingerprint density at radius 1 is 1.15 bits per heavy atom. The molecule has 0 bridgehead atoms. The summed E-state index contributed by atoms with van der Waals surface area (Å²) >= 11 is 13.4. The van der Waals surface area contributed by atoms with Crippen LogP contribution >= 0.6 is 23.2 Å². The van der Waals surface area contributed by atoms with E-state index in [1.54, 1.807) is 43.3 Å². The fraction of sp³-hybridized carbons (Fsp3) is 0.444. The summed E-state index contributed by atoms with van der Waals surface area (Å²) < 4.78 is 35.1. The SMILES string of the molecule is CCS(=O)(=O)c1ccc(N(CC(=O)Nc2cc(Cl)c(C3(c4noc(C(C)C)n4)CC3)c(Cl)c2)C2COC2)cc1. The van der Waals surface area contributed by atoms with Gasteiger partial charge in [0.1, 0.15) is 0 Å². The molecule has 3 aromatic rings. The smallest absolute Gasteiger partial charge is 0.243 e. The van der Waals surface area contributed by atoms with Gasteiger partial charge in [0.25, 0.3) is 0 Å². The number of nitrogens with zero attached hydrogens (tertiary/aromatic N) is 3. The van der Waals surface area contributed by atoms with Crippen LogP contribution in [0.4, 0.5) is 11.4 Å². The van der Waals surface area contributed by atoms with Crippen LogP contribution in [-0.4, -0.2) is 56.0 Å². The number of carbonyl (C=O) groups is 1. The Balaban J connectivity index is 1.33. The molecule has 1 saturated heterocycles. The third-order valence-corrected chi connectivity index (χ3v) is 9.55. The summed E-state index contributed by atoms with van der Waals surface area (Å²) in [6, 6.07) is 9.94. The summed E-state index contributed by atoms with van der Waals surface area (Å²) in [5.41, 5.74) is 1.44. The predicted molar refractivity (Wildman–Crippen MR) is 150 cm³/mol. The van der Waals surface area contributed by atoms with Crippen LogP contribution in [0, 0.1) is 0 Å². The number of hydrogen-bond acceptors (Lipinski definition) is 8. The predicted octanol–water partition coefficient (Wildman–Crippen LogP) is 5.22. The van der Waals surface area contributed by atoms with Crippen LogP contribution in [0.3, 0.4) is 0 Å². The largest absolute Gasteiger partial charge is 0.377 e. The van der Waals surface area contributed by atoms with Gasteiger partial charge in [-0.3, -0.25) is 4.79 Å². The molecule has 2 heterocycles. The number of sulfone groups is 1. The van der Waals surface area contributed by atoms with Crippen molar-refractivity contribution < 1.29 is 22.5 Å². The first-order chi connectivity index (χ1) is 18.5. The number of anilines is 2. The standard InChI is InChI=1S/C27H30Cl2N4O5S/c1-4-39(35,36)20-7-5-18(6-8-20)33(19-14-37-15-19)13-23(34)30-17-11-21(28)24(22(29)12-17)27(9-10-27)26-31-25(16(2)3)38-32-26/h5-8,11-12,16,19H,4,9-10,13-15H2,1-3H3,(H,30,34). The lowest BCUT2D eigenvalue weighted by atomic mass is 9.94. The van der Waals surface area contributed by atoms with Crippen LogP contribution in [0.5, 0.6) is 0 Å². The van der Waals surface area contributed by atoms with Crippen LogP contribution in [-0.2, 0) is 24.8 Å². The molecule has 0 spiro atoms. The second kappa shape index (κ2) is 10.7. The summed E-state index contributed by atoms with van der Waals surface area (Å²) in [6.07, 6.45) is 1.60. The van der Waals surface area contributed by atoms with E-state index in [9.17, 15) is 13.2 Å². The van der Waals surface area contributed by atoms with Crippen LogP contribution in [0.25, 0.3) is 0 Å². The molecule has 0 atom stereocenters. The van der Waals surface area contributed by atoms with Crippen molar-refractivity contribution in [3.8, 4) is 0 Å². The lowest BCUT2D eigenvalue weighted by molar-refractivity contribution is -0.115. The van der Waals surface area contributed by atoms with Crippen LogP contribution in [0.15, 0.2) is 45.8 Å². The maximum absolute atomic E-state index is 13.1. The van der Waals surface area contributed by atoms with E-state index in [1.165, 1.54) is 0 Å². The Bertz CT molecular complexity index is 1460. The summed E-state index contributed by atoms with van der Waals surface area (Å²) in [4.78, 5) is 19.8. The molecular formula is C27H30Cl2N4O5S. The molecule has 0 radical (unpaired) electrons. The zero-order valence-corrected chi connectivity index (χ0v) is 24.2. The molecule has 5 rings (SSSR count). The molecule has 39 heavy (non-hydrogen) atoms. The average molecular weight is 594 g/mol. The van der Waals surface area contributed by atoms with E-state index in [0.717, 1.165) is 24.1 Å². The molecule has 12 heteroatoms. The highest BCUT2D eigenvalue weighted by Gasteiger charge is 2.52. The van der Waals surface area contributed by atoms with E-state index in [2.05, 4.69) is 15.5 Å². The Morgan fingerprint density at radius 3 is 2.28 bits per heavy atom. The van der Waals surface area contributed by atoms with Gasteiger partial charge in [0.05, 0.1) is 41.9 Å². The van der Waals surface area contributed by atoms with Gasteiger partial charge in [-0.05, 0) is 49.2 Å². The zero-order valence-electron chi connectivity index (χ0n) is 21.9. The topological polar surface area (TPSA) is 115 Å². The van der Waals surface area contributed by atoms with Gasteiger partial charge in [-0.25, -0.2) is 8.42 Å². The second-order valence-electron chi connectivity index (χ2n) is 10.3. The fourth-order valence-corrected chi connectivity index (χ4v) is 6.41. The number of rotatable bonds is 10. The van der Waals surface area contributed by atoms with E-state index in [1.807, 2.05) is 18.7 Å². The van der Waals surface area contributed by atoms with Gasteiger partial charge in [0.15, 0.2) is 15.7 Å². The highest BCUT2D eigenvalue weighted by Crippen LogP contribution is 2.56. The van der Waals surface area contributed by atoms with E-state index >= 15 is 0 Å². The normalized spacial score (nSPS) is 16.7. The van der Waals surface area contributed by atoms with Crippen molar-refractivity contribution in [3.63, 3.8) is 0 Å². The fourth-order valence-electron chi connectivity index (χ4n) is 4.68. The number of nitrogens with one attached hydrogen (secondary N) is 1. The van der Waals surface area contributed by atoms with Crippen molar-refractivity contribution in [1.29, 1.82) is 0 Å². The Labute approximate surface area is 237 Å². The Kier molecular flexibility index (Phi) is 7.67. The third kappa shape index (κ3) is 5.52. The van der Waals surface area contributed by atoms with Gasteiger partial charge >= 0.3 is 0 Å². The van der Waals surface area contributed by atoms with Crippen LogP contribution < -0.4 is 10.2 Å². The van der Waals surface area contributed by atoms with Crippen LogP contribution in [0.1, 0.15) is 56.8 Å². The molecule has 208 valence electrons. The summed E-state index contributed by atoms with van der Waals surface area (Å²) in [5.74, 6) is 0.999. The average Bonchev–Trinajstić information content (AvgIpc) is 3.47. The number of halogens is 2. The molecule has 0 unspecified atom stereocenters. The minimum atomic E-state index is -3.32. The first kappa shape index (κ1) is 27.9. The first-order valence-electron chi connectivity index (χ1n) is 12.8. The number of aromatic nitrogens is 2. The highest BCUT2D eigenvalue weighted by atomic mass is 35.5. The van der Waals surface area contributed by atoms with Crippen molar-refractivity contribution >= 4 is 50.3 Å². The number of benzene rings is 2. The van der Waals surface area contributed by atoms with Gasteiger partial charge in [-0.1, -0.05) is 49.1 Å². The number of amides is 1. The van der Waals surface area contributed by atoms with Gasteiger partial charge in [0, 0.05) is 32.9 Å². The summed E-state index contributed by atoms with van der Waals surface area (Å²) in [7, 11) is -3.32.